The molecule has 0 aliphatic carbocycles. The lowest BCUT2D eigenvalue weighted by atomic mass is 10.1. The second-order valence-electron chi connectivity index (χ2n) is 2.67. The van der Waals surface area contributed by atoms with Crippen LogP contribution in [-0.2, 0) is 0 Å². The van der Waals surface area contributed by atoms with Crippen molar-refractivity contribution >= 4 is 5.78 Å². The molecule has 1 nitrogen and oxygen atoms in total. The molecule has 0 spiro atoms. The number of hydrogen-bond acceptors (Lipinski definition) is 1. The van der Waals surface area contributed by atoms with Crippen LogP contribution in [0.15, 0.2) is 24.8 Å². The molecule has 0 aliphatic rings. The summed E-state index contributed by atoms with van der Waals surface area (Å²) >= 11 is 0. The van der Waals surface area contributed by atoms with E-state index in [0.29, 0.717) is 5.56 Å². The number of halogens is 2. The predicted molar refractivity (Wildman–Crippen MR) is 45.6 cm³/mol. The van der Waals surface area contributed by atoms with E-state index in [1.165, 1.54) is 0 Å². The number of hydrogen-bond donors (Lipinski definition) is 0. The molecule has 0 bridgehead atoms. The Labute approximate surface area is 74.7 Å². The van der Waals surface area contributed by atoms with Crippen molar-refractivity contribution in [2.75, 3.05) is 0 Å². The van der Waals surface area contributed by atoms with Crippen molar-refractivity contribution in [3.05, 3.63) is 47.5 Å². The van der Waals surface area contributed by atoms with Crippen LogP contribution in [0.1, 0.15) is 15.9 Å². The Morgan fingerprint density at radius 2 is 1.85 bits per heavy atom. The lowest BCUT2D eigenvalue weighted by Gasteiger charge is -2.01. The maximum absolute atomic E-state index is 13.0. The summed E-state index contributed by atoms with van der Waals surface area (Å²) in [5.41, 5.74) is -0.101. The van der Waals surface area contributed by atoms with Gasteiger partial charge in [0.2, 0.25) is 0 Å². The Morgan fingerprint density at radius 1 is 1.38 bits per heavy atom. The van der Waals surface area contributed by atoms with E-state index < -0.39 is 23.0 Å². The van der Waals surface area contributed by atoms with Gasteiger partial charge in [0.05, 0.1) is 5.56 Å². The third-order valence-corrected chi connectivity index (χ3v) is 1.62. The fourth-order valence-corrected chi connectivity index (χ4v) is 1.04. The molecular formula is C10H8F2O. The van der Waals surface area contributed by atoms with Gasteiger partial charge in [-0.1, -0.05) is 6.58 Å². The van der Waals surface area contributed by atoms with E-state index in [-0.39, 0.29) is 0 Å². The van der Waals surface area contributed by atoms with Gasteiger partial charge in [-0.3, -0.25) is 4.79 Å². The SMILES string of the molecule is C=CC(=O)c1c(F)cc(C)cc1F. The highest BCUT2D eigenvalue weighted by Crippen LogP contribution is 2.15. The van der Waals surface area contributed by atoms with Crippen LogP contribution in [0, 0.1) is 18.6 Å². The summed E-state index contributed by atoms with van der Waals surface area (Å²) in [5.74, 6) is -2.43. The fourth-order valence-electron chi connectivity index (χ4n) is 1.04. The van der Waals surface area contributed by atoms with Gasteiger partial charge in [-0.2, -0.15) is 0 Å². The third kappa shape index (κ3) is 1.80. The van der Waals surface area contributed by atoms with E-state index in [1.54, 1.807) is 6.92 Å². The highest BCUT2D eigenvalue weighted by Gasteiger charge is 2.14. The average Bonchev–Trinajstić information content (AvgIpc) is 2.02. The van der Waals surface area contributed by atoms with Gasteiger partial charge in [-0.25, -0.2) is 8.78 Å². The van der Waals surface area contributed by atoms with Crippen molar-refractivity contribution in [2.24, 2.45) is 0 Å². The van der Waals surface area contributed by atoms with Crippen LogP contribution in [-0.4, -0.2) is 5.78 Å². The molecule has 0 unspecified atom stereocenters. The van der Waals surface area contributed by atoms with Crippen LogP contribution in [0.3, 0.4) is 0 Å². The second-order valence-corrected chi connectivity index (χ2v) is 2.67. The summed E-state index contributed by atoms with van der Waals surface area (Å²) in [5, 5.41) is 0. The van der Waals surface area contributed by atoms with Gasteiger partial charge < -0.3 is 0 Å². The standard InChI is InChI=1S/C10H8F2O/c1-3-9(13)10-7(11)4-6(2)5-8(10)12/h3-5H,1H2,2H3. The first-order valence-electron chi connectivity index (χ1n) is 3.68. The average molecular weight is 182 g/mol. The normalized spacial score (nSPS) is 9.77. The number of benzene rings is 1. The Hall–Kier alpha value is -1.51. The van der Waals surface area contributed by atoms with Gasteiger partial charge in [0.1, 0.15) is 11.6 Å². The van der Waals surface area contributed by atoms with Crippen LogP contribution in [0.2, 0.25) is 0 Å². The summed E-state index contributed by atoms with van der Waals surface area (Å²) < 4.78 is 26.1. The first kappa shape index (κ1) is 9.58. The Kier molecular flexibility index (Phi) is 2.56. The van der Waals surface area contributed by atoms with Gasteiger partial charge in [0, 0.05) is 0 Å². The molecule has 0 aliphatic heterocycles. The van der Waals surface area contributed by atoms with Crippen molar-refractivity contribution in [3.63, 3.8) is 0 Å². The van der Waals surface area contributed by atoms with E-state index in [2.05, 4.69) is 6.58 Å². The summed E-state index contributed by atoms with van der Waals surface area (Å²) in [6.45, 7) is 4.71. The Bertz CT molecular complexity index is 346. The van der Waals surface area contributed by atoms with E-state index >= 15 is 0 Å². The molecular weight excluding hydrogens is 174 g/mol. The largest absolute Gasteiger partial charge is 0.289 e. The first-order chi connectivity index (χ1) is 6.06. The number of aryl methyl sites for hydroxylation is 1. The lowest BCUT2D eigenvalue weighted by molar-refractivity contribution is 0.103. The molecule has 0 N–H and O–H groups in total. The predicted octanol–water partition coefficient (Wildman–Crippen LogP) is 2.64. The fraction of sp³-hybridized carbons (Fsp3) is 0.100. The quantitative estimate of drug-likeness (QED) is 0.507. The van der Waals surface area contributed by atoms with E-state index in [9.17, 15) is 13.6 Å². The zero-order valence-electron chi connectivity index (χ0n) is 7.10. The van der Waals surface area contributed by atoms with Crippen molar-refractivity contribution in [2.45, 2.75) is 6.92 Å². The molecule has 1 aromatic rings. The highest BCUT2D eigenvalue weighted by molar-refractivity contribution is 6.04. The van der Waals surface area contributed by atoms with Crippen molar-refractivity contribution in [3.8, 4) is 0 Å². The molecule has 0 fully saturated rings. The Balaban J connectivity index is 3.36. The maximum atomic E-state index is 13.0. The van der Waals surface area contributed by atoms with Crippen LogP contribution in [0.4, 0.5) is 8.78 Å². The topological polar surface area (TPSA) is 17.1 Å². The molecule has 0 saturated carbocycles. The summed E-state index contributed by atoms with van der Waals surface area (Å²) in [6, 6.07) is 2.22. The molecule has 1 aromatic carbocycles. The van der Waals surface area contributed by atoms with Crippen molar-refractivity contribution < 1.29 is 13.6 Å². The molecule has 1 rings (SSSR count). The smallest absolute Gasteiger partial charge is 0.191 e. The zero-order valence-corrected chi connectivity index (χ0v) is 7.10. The van der Waals surface area contributed by atoms with E-state index in [4.69, 9.17) is 0 Å². The number of carbonyl (C=O) groups excluding carboxylic acids is 1. The summed E-state index contributed by atoms with van der Waals surface area (Å²) in [6.07, 6.45) is 0.886. The van der Waals surface area contributed by atoms with Gasteiger partial charge in [-0.15, -0.1) is 0 Å². The minimum Gasteiger partial charge on any atom is -0.289 e. The maximum Gasteiger partial charge on any atom is 0.191 e. The molecule has 0 radical (unpaired) electrons. The highest BCUT2D eigenvalue weighted by atomic mass is 19.1. The minimum absolute atomic E-state index is 0.440. The van der Waals surface area contributed by atoms with Crippen molar-refractivity contribution in [1.29, 1.82) is 0 Å². The molecule has 13 heavy (non-hydrogen) atoms. The van der Waals surface area contributed by atoms with E-state index in [0.717, 1.165) is 18.2 Å². The third-order valence-electron chi connectivity index (χ3n) is 1.62. The number of allylic oxidation sites excluding steroid dienone is 1. The molecule has 0 amide bonds. The van der Waals surface area contributed by atoms with Gasteiger partial charge >= 0.3 is 0 Å². The van der Waals surface area contributed by atoms with Gasteiger partial charge in [0.25, 0.3) is 0 Å². The molecule has 0 aromatic heterocycles. The van der Waals surface area contributed by atoms with E-state index in [1.807, 2.05) is 0 Å². The van der Waals surface area contributed by atoms with Crippen LogP contribution < -0.4 is 0 Å². The molecule has 68 valence electrons. The molecule has 0 saturated heterocycles. The monoisotopic (exact) mass is 182 g/mol. The van der Waals surface area contributed by atoms with Crippen LogP contribution >= 0.6 is 0 Å². The minimum atomic E-state index is -0.845. The molecule has 0 atom stereocenters. The first-order valence-corrected chi connectivity index (χ1v) is 3.68. The number of rotatable bonds is 2. The zero-order chi connectivity index (χ0) is 10.0. The lowest BCUT2D eigenvalue weighted by Crippen LogP contribution is -2.03. The van der Waals surface area contributed by atoms with Gasteiger partial charge in [0.15, 0.2) is 5.78 Å². The summed E-state index contributed by atoms with van der Waals surface area (Å²) in [7, 11) is 0. The number of ketones is 1. The van der Waals surface area contributed by atoms with Crippen molar-refractivity contribution in [1.82, 2.24) is 0 Å². The summed E-state index contributed by atoms with van der Waals surface area (Å²) in [4.78, 5) is 11.0. The van der Waals surface area contributed by atoms with Crippen LogP contribution in [0.25, 0.3) is 0 Å². The van der Waals surface area contributed by atoms with Gasteiger partial charge in [-0.05, 0) is 30.7 Å². The van der Waals surface area contributed by atoms with Crippen LogP contribution in [0.5, 0.6) is 0 Å². The Morgan fingerprint density at radius 3 is 2.23 bits per heavy atom. The number of carbonyl (C=O) groups is 1. The molecule has 0 heterocycles. The molecule has 3 heteroatoms. The second kappa shape index (κ2) is 3.47.